The summed E-state index contributed by atoms with van der Waals surface area (Å²) >= 11 is 0. The number of fused-ring (bicyclic) bond motifs is 4. The van der Waals surface area contributed by atoms with Gasteiger partial charge in [-0.15, -0.1) is 0 Å². The molecule has 162 valence electrons. The largest absolute Gasteiger partial charge is 0.378 e. The summed E-state index contributed by atoms with van der Waals surface area (Å²) in [5.74, 6) is 3.00. The molecule has 1 aliphatic carbocycles. The quantitative estimate of drug-likeness (QED) is 0.782. The highest BCUT2D eigenvalue weighted by molar-refractivity contribution is 5.65. The van der Waals surface area contributed by atoms with Gasteiger partial charge in [-0.05, 0) is 31.6 Å². The van der Waals surface area contributed by atoms with E-state index in [-0.39, 0.29) is 5.95 Å². The van der Waals surface area contributed by atoms with E-state index >= 15 is 0 Å². The maximum atomic E-state index is 5.71. The summed E-state index contributed by atoms with van der Waals surface area (Å²) in [5.41, 5.74) is 7.49. The molecule has 6 aliphatic heterocycles. The molecule has 4 bridgehead atoms. The molecule has 6 saturated heterocycles. The van der Waals surface area contributed by atoms with E-state index in [1.165, 1.54) is 25.7 Å². The second-order valence-corrected chi connectivity index (χ2v) is 9.81. The highest BCUT2D eigenvalue weighted by atomic mass is 16.5. The fraction of sp³-hybridized carbons (Fsp3) is 0.636. The molecule has 9 heteroatoms. The van der Waals surface area contributed by atoms with Crippen LogP contribution in [-0.2, 0) is 4.74 Å². The number of rotatable bonds is 4. The molecule has 2 N–H and O–H groups in total. The van der Waals surface area contributed by atoms with Gasteiger partial charge in [0.1, 0.15) is 5.82 Å². The molecule has 9 rings (SSSR count). The first-order valence-electron chi connectivity index (χ1n) is 11.5. The summed E-state index contributed by atoms with van der Waals surface area (Å²) in [6, 6.07) is 4.41. The minimum atomic E-state index is 0.284. The maximum absolute atomic E-state index is 5.71. The number of nitrogen functional groups attached to an aromatic ring is 1. The Morgan fingerprint density at radius 3 is 2.32 bits per heavy atom. The number of piperidine rings is 2. The van der Waals surface area contributed by atoms with Crippen molar-refractivity contribution in [3.05, 3.63) is 18.5 Å². The van der Waals surface area contributed by atoms with Gasteiger partial charge in [-0.2, -0.15) is 4.98 Å². The molecule has 0 amide bonds. The molecule has 0 unspecified atom stereocenters. The van der Waals surface area contributed by atoms with Crippen molar-refractivity contribution in [2.24, 2.45) is 5.92 Å². The van der Waals surface area contributed by atoms with Gasteiger partial charge < -0.3 is 20.3 Å². The van der Waals surface area contributed by atoms with Crippen molar-refractivity contribution in [2.75, 3.05) is 48.4 Å². The van der Waals surface area contributed by atoms with Crippen LogP contribution in [0, 0.1) is 5.92 Å². The minimum absolute atomic E-state index is 0.284. The number of nitrogens with zero attached hydrogens (tertiary/aromatic N) is 7. The fourth-order valence-corrected chi connectivity index (χ4v) is 6.10. The third-order valence-corrected chi connectivity index (χ3v) is 7.99. The maximum Gasteiger partial charge on any atom is 0.228 e. The first-order chi connectivity index (χ1) is 15.2. The van der Waals surface area contributed by atoms with Crippen LogP contribution >= 0.6 is 0 Å². The molecule has 0 aromatic carbocycles. The van der Waals surface area contributed by atoms with Crippen LogP contribution in [0.25, 0.3) is 11.3 Å². The molecular weight excluding hydrogens is 392 g/mol. The minimum Gasteiger partial charge on any atom is -0.378 e. The lowest BCUT2D eigenvalue weighted by atomic mass is 9.86. The van der Waals surface area contributed by atoms with Crippen LogP contribution in [0.1, 0.15) is 25.7 Å². The van der Waals surface area contributed by atoms with Crippen LogP contribution in [0.2, 0.25) is 0 Å². The van der Waals surface area contributed by atoms with Gasteiger partial charge in [0.25, 0.3) is 0 Å². The Morgan fingerprint density at radius 1 is 0.871 bits per heavy atom. The van der Waals surface area contributed by atoms with Crippen LogP contribution in [-0.4, -0.2) is 81.9 Å². The molecule has 2 atom stereocenters. The van der Waals surface area contributed by atoms with E-state index in [1.54, 1.807) is 12.4 Å². The van der Waals surface area contributed by atoms with Crippen LogP contribution in [0.4, 0.5) is 17.7 Å². The Hall–Kier alpha value is -2.52. The van der Waals surface area contributed by atoms with Crippen LogP contribution < -0.4 is 15.5 Å². The summed E-state index contributed by atoms with van der Waals surface area (Å²) < 4.78 is 5.46. The molecule has 2 aromatic heterocycles. The predicted molar refractivity (Wildman–Crippen MR) is 117 cm³/mol. The normalized spacial score (nSPS) is 32.3. The van der Waals surface area contributed by atoms with Crippen molar-refractivity contribution < 1.29 is 4.74 Å². The number of hydrogen-bond acceptors (Lipinski definition) is 9. The highest BCUT2D eigenvalue weighted by Crippen LogP contribution is 2.43. The van der Waals surface area contributed by atoms with Crippen molar-refractivity contribution in [1.29, 1.82) is 0 Å². The monoisotopic (exact) mass is 420 g/mol. The Labute approximate surface area is 181 Å². The standard InChI is InChI=1S/C22H28N8O/c23-21-24-6-14(7-25-21)19-5-20(27-22(26-19)30-8-13-3-17(30)4-13)29-10-15-1-2-16(29)9-28(15)18-11-31-12-18/h5-7,13,15-18H,1-4,8-12H2,(H2,23,24,25)/t13?,15-,16-,17?/m0/s1. The average Bonchev–Trinajstić information content (AvgIpc) is 3.35. The second-order valence-electron chi connectivity index (χ2n) is 9.81. The van der Waals surface area contributed by atoms with Gasteiger partial charge in [0.05, 0.1) is 24.9 Å². The molecule has 7 fully saturated rings. The molecule has 0 spiro atoms. The molecule has 2 aromatic rings. The van der Waals surface area contributed by atoms with Gasteiger partial charge in [-0.1, -0.05) is 0 Å². The third-order valence-electron chi connectivity index (χ3n) is 7.99. The number of anilines is 3. The molecule has 0 radical (unpaired) electrons. The van der Waals surface area contributed by atoms with Crippen molar-refractivity contribution >= 4 is 17.7 Å². The van der Waals surface area contributed by atoms with Crippen LogP contribution in [0.3, 0.4) is 0 Å². The third kappa shape index (κ3) is 2.90. The van der Waals surface area contributed by atoms with Gasteiger partial charge in [0, 0.05) is 61.8 Å². The Bertz CT molecular complexity index is 990. The molecule has 8 heterocycles. The van der Waals surface area contributed by atoms with Crippen LogP contribution in [0.15, 0.2) is 18.5 Å². The van der Waals surface area contributed by atoms with Crippen molar-refractivity contribution in [1.82, 2.24) is 24.8 Å². The van der Waals surface area contributed by atoms with Crippen molar-refractivity contribution in [3.63, 3.8) is 0 Å². The summed E-state index contributed by atoms with van der Waals surface area (Å²) in [4.78, 5) is 26.1. The van der Waals surface area contributed by atoms with Gasteiger partial charge >= 0.3 is 0 Å². The highest BCUT2D eigenvalue weighted by Gasteiger charge is 2.46. The number of ether oxygens (including phenoxy) is 1. The van der Waals surface area contributed by atoms with Crippen LogP contribution in [0.5, 0.6) is 0 Å². The van der Waals surface area contributed by atoms with Crippen molar-refractivity contribution in [3.8, 4) is 11.3 Å². The topological polar surface area (TPSA) is 96.5 Å². The summed E-state index contributed by atoms with van der Waals surface area (Å²) in [6.07, 6.45) is 8.58. The van der Waals surface area contributed by atoms with Crippen molar-refractivity contribution in [2.45, 2.75) is 49.9 Å². The SMILES string of the molecule is Nc1ncc(-c2cc(N3C[C@@H]4CC[C@H]3CN4C3COC3)nc(N3CC4CC3C4)n2)cn1. The van der Waals surface area contributed by atoms with E-state index in [0.717, 1.165) is 61.8 Å². The van der Waals surface area contributed by atoms with Gasteiger partial charge in [0.15, 0.2) is 0 Å². The van der Waals surface area contributed by atoms with E-state index in [2.05, 4.69) is 30.7 Å². The average molecular weight is 421 g/mol. The molecule has 31 heavy (non-hydrogen) atoms. The first kappa shape index (κ1) is 18.1. The Balaban J connectivity index is 1.24. The molecule has 7 aliphatic rings. The van der Waals surface area contributed by atoms with Gasteiger partial charge in [0.2, 0.25) is 11.9 Å². The first-order valence-corrected chi connectivity index (χ1v) is 11.5. The lowest BCUT2D eigenvalue weighted by molar-refractivity contribution is -0.0966. The van der Waals surface area contributed by atoms with E-state index in [9.17, 15) is 0 Å². The second kappa shape index (κ2) is 6.74. The van der Waals surface area contributed by atoms with E-state index in [0.29, 0.717) is 24.2 Å². The zero-order valence-electron chi connectivity index (χ0n) is 17.6. The van der Waals surface area contributed by atoms with E-state index in [1.807, 2.05) is 0 Å². The summed E-state index contributed by atoms with van der Waals surface area (Å²) in [6.45, 7) is 4.99. The number of piperazine rings is 1. The number of hydrogen-bond donors (Lipinski definition) is 1. The van der Waals surface area contributed by atoms with Gasteiger partial charge in [-0.25, -0.2) is 15.0 Å². The van der Waals surface area contributed by atoms with E-state index < -0.39 is 0 Å². The van der Waals surface area contributed by atoms with Gasteiger partial charge in [-0.3, -0.25) is 4.90 Å². The predicted octanol–water partition coefficient (Wildman–Crippen LogP) is 1.17. The zero-order valence-corrected chi connectivity index (χ0v) is 17.6. The zero-order chi connectivity index (χ0) is 20.5. The Morgan fingerprint density at radius 2 is 1.68 bits per heavy atom. The fourth-order valence-electron chi connectivity index (χ4n) is 6.10. The lowest BCUT2D eigenvalue weighted by Crippen LogP contribution is -2.68. The molecule has 1 saturated carbocycles. The smallest absolute Gasteiger partial charge is 0.228 e. The van der Waals surface area contributed by atoms with E-state index in [4.69, 9.17) is 20.4 Å². The summed E-state index contributed by atoms with van der Waals surface area (Å²) in [7, 11) is 0. The lowest BCUT2D eigenvalue weighted by Gasteiger charge is -2.55. The Kier molecular flexibility index (Phi) is 3.93. The number of aromatic nitrogens is 4. The molecule has 9 nitrogen and oxygen atoms in total. The summed E-state index contributed by atoms with van der Waals surface area (Å²) in [5, 5.41) is 0. The molecular formula is C22H28N8O. The number of nitrogens with two attached hydrogens (primary N) is 1.